The third-order valence-corrected chi connectivity index (χ3v) is 5.17. The van der Waals surface area contributed by atoms with Crippen LogP contribution in [-0.2, 0) is 10.2 Å². The van der Waals surface area contributed by atoms with E-state index in [0.29, 0.717) is 24.7 Å². The summed E-state index contributed by atoms with van der Waals surface area (Å²) >= 11 is 0. The zero-order valence-electron chi connectivity index (χ0n) is 13.0. The molecule has 0 N–H and O–H groups in total. The SMILES string of the molecule is COc1cccc([C@@]23CCN(C)[C@@H](CC(=O)C2)C3)c1OC. The summed E-state index contributed by atoms with van der Waals surface area (Å²) in [6, 6.07) is 6.37. The van der Waals surface area contributed by atoms with E-state index in [1.807, 2.05) is 12.1 Å². The fraction of sp³-hybridized carbons (Fsp3) is 0.588. The van der Waals surface area contributed by atoms with E-state index in [9.17, 15) is 4.79 Å². The molecule has 1 aromatic carbocycles. The molecule has 1 aromatic rings. The van der Waals surface area contributed by atoms with E-state index in [4.69, 9.17) is 9.47 Å². The van der Waals surface area contributed by atoms with Gasteiger partial charge in [0.25, 0.3) is 0 Å². The molecule has 1 heterocycles. The van der Waals surface area contributed by atoms with Crippen LogP contribution in [-0.4, -0.2) is 44.5 Å². The molecule has 114 valence electrons. The Kier molecular flexibility index (Phi) is 3.66. The average Bonchev–Trinajstić information content (AvgIpc) is 2.50. The number of carbonyl (C=O) groups is 1. The topological polar surface area (TPSA) is 38.8 Å². The van der Waals surface area contributed by atoms with Crippen LogP contribution in [0.25, 0.3) is 0 Å². The highest BCUT2D eigenvalue weighted by molar-refractivity contribution is 5.82. The standard InChI is InChI=1S/C17H23NO3/c1-18-8-7-17(10-12(18)9-13(19)11-17)14-5-4-6-15(20-2)16(14)21-3/h4-6,12H,7-11H2,1-3H3/t12-,17+/m0/s1. The van der Waals surface area contributed by atoms with E-state index in [2.05, 4.69) is 18.0 Å². The van der Waals surface area contributed by atoms with Gasteiger partial charge in [-0.15, -0.1) is 0 Å². The number of likely N-dealkylation sites (tertiary alicyclic amines) is 1. The molecule has 1 aliphatic carbocycles. The molecule has 1 saturated carbocycles. The summed E-state index contributed by atoms with van der Waals surface area (Å²) in [6.07, 6.45) is 3.33. The molecular weight excluding hydrogens is 266 g/mol. The summed E-state index contributed by atoms with van der Waals surface area (Å²) in [6.45, 7) is 1.03. The van der Waals surface area contributed by atoms with Gasteiger partial charge in [0, 0.05) is 29.9 Å². The van der Waals surface area contributed by atoms with Gasteiger partial charge in [-0.1, -0.05) is 12.1 Å². The van der Waals surface area contributed by atoms with Crippen LogP contribution in [0.5, 0.6) is 11.5 Å². The molecule has 0 aromatic heterocycles. The van der Waals surface area contributed by atoms with Gasteiger partial charge in [0.15, 0.2) is 11.5 Å². The fourth-order valence-electron chi connectivity index (χ4n) is 4.03. The van der Waals surface area contributed by atoms with Crippen molar-refractivity contribution in [2.75, 3.05) is 27.8 Å². The van der Waals surface area contributed by atoms with Gasteiger partial charge in [-0.05, 0) is 32.5 Å². The first-order chi connectivity index (χ1) is 10.1. The van der Waals surface area contributed by atoms with Crippen molar-refractivity contribution in [2.45, 2.75) is 37.1 Å². The second kappa shape index (κ2) is 5.34. The van der Waals surface area contributed by atoms with Crippen LogP contribution in [0.3, 0.4) is 0 Å². The molecule has 4 heteroatoms. The lowest BCUT2D eigenvalue weighted by Crippen LogP contribution is -2.52. The number of methoxy groups -OCH3 is 2. The molecule has 0 radical (unpaired) electrons. The average molecular weight is 289 g/mol. The second-order valence-electron chi connectivity index (χ2n) is 6.33. The number of para-hydroxylation sites is 1. The zero-order chi connectivity index (χ0) is 15.0. The smallest absolute Gasteiger partial charge is 0.164 e. The molecule has 0 unspecified atom stereocenters. The van der Waals surface area contributed by atoms with Gasteiger partial charge >= 0.3 is 0 Å². The Morgan fingerprint density at radius 2 is 2.10 bits per heavy atom. The minimum Gasteiger partial charge on any atom is -0.493 e. The summed E-state index contributed by atoms with van der Waals surface area (Å²) in [7, 11) is 5.45. The van der Waals surface area contributed by atoms with Crippen molar-refractivity contribution in [1.29, 1.82) is 0 Å². The van der Waals surface area contributed by atoms with E-state index in [-0.39, 0.29) is 5.41 Å². The van der Waals surface area contributed by atoms with Crippen LogP contribution >= 0.6 is 0 Å². The van der Waals surface area contributed by atoms with Crippen molar-refractivity contribution in [2.24, 2.45) is 0 Å². The third kappa shape index (κ3) is 2.31. The summed E-state index contributed by atoms with van der Waals surface area (Å²) in [4.78, 5) is 14.6. The van der Waals surface area contributed by atoms with Crippen molar-refractivity contribution >= 4 is 5.78 Å². The minimum absolute atomic E-state index is 0.0909. The van der Waals surface area contributed by atoms with Crippen LogP contribution in [0.1, 0.15) is 31.2 Å². The fourth-order valence-corrected chi connectivity index (χ4v) is 4.03. The number of benzene rings is 1. The number of Topliss-reactive ketones (excluding diaryl/α,β-unsaturated/α-hetero) is 1. The number of hydrogen-bond acceptors (Lipinski definition) is 4. The Balaban J connectivity index is 2.08. The Morgan fingerprint density at radius 1 is 1.29 bits per heavy atom. The van der Waals surface area contributed by atoms with Crippen molar-refractivity contribution < 1.29 is 14.3 Å². The van der Waals surface area contributed by atoms with Crippen molar-refractivity contribution in [3.8, 4) is 11.5 Å². The molecule has 1 aliphatic heterocycles. The van der Waals surface area contributed by atoms with E-state index in [1.54, 1.807) is 14.2 Å². The first-order valence-corrected chi connectivity index (χ1v) is 7.53. The molecule has 2 fully saturated rings. The largest absolute Gasteiger partial charge is 0.493 e. The monoisotopic (exact) mass is 289 g/mol. The summed E-state index contributed by atoms with van der Waals surface area (Å²) < 4.78 is 11.0. The number of hydrogen-bond donors (Lipinski definition) is 0. The maximum atomic E-state index is 12.3. The van der Waals surface area contributed by atoms with Crippen LogP contribution in [0.15, 0.2) is 18.2 Å². The van der Waals surface area contributed by atoms with Gasteiger partial charge in [-0.3, -0.25) is 4.79 Å². The van der Waals surface area contributed by atoms with Gasteiger partial charge in [0.05, 0.1) is 14.2 Å². The van der Waals surface area contributed by atoms with Crippen LogP contribution in [0.2, 0.25) is 0 Å². The molecule has 3 rings (SSSR count). The van der Waals surface area contributed by atoms with Crippen molar-refractivity contribution in [1.82, 2.24) is 4.90 Å². The maximum absolute atomic E-state index is 12.3. The molecule has 0 amide bonds. The Hall–Kier alpha value is -1.55. The molecular formula is C17H23NO3. The lowest BCUT2D eigenvalue weighted by molar-refractivity contribution is -0.126. The molecule has 4 nitrogen and oxygen atoms in total. The van der Waals surface area contributed by atoms with Crippen molar-refractivity contribution in [3.63, 3.8) is 0 Å². The molecule has 1 saturated heterocycles. The lowest BCUT2D eigenvalue weighted by Gasteiger charge is -2.49. The third-order valence-electron chi connectivity index (χ3n) is 5.17. The number of ether oxygens (including phenoxy) is 2. The first-order valence-electron chi connectivity index (χ1n) is 7.53. The number of nitrogens with zero attached hydrogens (tertiary/aromatic N) is 1. The van der Waals surface area contributed by atoms with E-state index >= 15 is 0 Å². The predicted octanol–water partition coefficient (Wildman–Crippen LogP) is 2.40. The zero-order valence-corrected chi connectivity index (χ0v) is 13.0. The Bertz CT molecular complexity index is 557. The predicted molar refractivity (Wildman–Crippen MR) is 81.1 cm³/mol. The number of fused-ring (bicyclic) bond motifs is 2. The Labute approximate surface area is 126 Å². The van der Waals surface area contributed by atoms with Gasteiger partial charge in [0.1, 0.15) is 5.78 Å². The number of piperidine rings is 1. The highest BCUT2D eigenvalue weighted by Gasteiger charge is 2.47. The molecule has 2 atom stereocenters. The van der Waals surface area contributed by atoms with Gasteiger partial charge in [-0.2, -0.15) is 0 Å². The second-order valence-corrected chi connectivity index (χ2v) is 6.33. The normalized spacial score (nSPS) is 29.3. The highest BCUT2D eigenvalue weighted by atomic mass is 16.5. The summed E-state index contributed by atoms with van der Waals surface area (Å²) in [5.41, 5.74) is 1.04. The lowest BCUT2D eigenvalue weighted by atomic mass is 9.63. The van der Waals surface area contributed by atoms with E-state index in [0.717, 1.165) is 36.4 Å². The number of rotatable bonds is 3. The minimum atomic E-state index is -0.0909. The highest BCUT2D eigenvalue weighted by Crippen LogP contribution is 2.50. The van der Waals surface area contributed by atoms with Crippen molar-refractivity contribution in [3.05, 3.63) is 23.8 Å². The van der Waals surface area contributed by atoms with Crippen LogP contribution in [0, 0.1) is 0 Å². The number of ketones is 1. The summed E-state index contributed by atoms with van der Waals surface area (Å²) in [5.74, 6) is 1.90. The van der Waals surface area contributed by atoms with Crippen LogP contribution in [0.4, 0.5) is 0 Å². The van der Waals surface area contributed by atoms with E-state index in [1.165, 1.54) is 0 Å². The molecule has 0 spiro atoms. The quantitative estimate of drug-likeness (QED) is 0.856. The van der Waals surface area contributed by atoms with Crippen LogP contribution < -0.4 is 9.47 Å². The molecule has 2 bridgehead atoms. The van der Waals surface area contributed by atoms with Gasteiger partial charge in [0.2, 0.25) is 0 Å². The summed E-state index contributed by atoms with van der Waals surface area (Å²) in [5, 5.41) is 0. The first kappa shape index (κ1) is 14.4. The maximum Gasteiger partial charge on any atom is 0.164 e. The van der Waals surface area contributed by atoms with Gasteiger partial charge < -0.3 is 14.4 Å². The van der Waals surface area contributed by atoms with Gasteiger partial charge in [-0.25, -0.2) is 0 Å². The van der Waals surface area contributed by atoms with E-state index < -0.39 is 0 Å². The molecule has 2 aliphatic rings. The number of carbonyl (C=O) groups excluding carboxylic acids is 1. The molecule has 21 heavy (non-hydrogen) atoms. The Morgan fingerprint density at radius 3 is 2.81 bits per heavy atom.